The van der Waals surface area contributed by atoms with Gasteiger partial charge in [0.25, 0.3) is 0 Å². The molecule has 0 unspecified atom stereocenters. The van der Waals surface area contributed by atoms with E-state index in [0.29, 0.717) is 26.2 Å². The van der Waals surface area contributed by atoms with Crippen molar-refractivity contribution in [1.29, 1.82) is 0 Å². The number of amides is 2. The highest BCUT2D eigenvalue weighted by Gasteiger charge is 2.29. The quantitative estimate of drug-likeness (QED) is 0.901. The molecule has 0 aliphatic carbocycles. The second-order valence-corrected chi connectivity index (χ2v) is 6.68. The van der Waals surface area contributed by atoms with E-state index in [9.17, 15) is 9.59 Å². The highest BCUT2D eigenvalue weighted by molar-refractivity contribution is 5.83. The van der Waals surface area contributed by atoms with Gasteiger partial charge in [-0.1, -0.05) is 30.3 Å². The summed E-state index contributed by atoms with van der Waals surface area (Å²) < 4.78 is 5.35. The molecule has 1 saturated heterocycles. The molecule has 0 radical (unpaired) electrons. The normalized spacial score (nSPS) is 16.9. The van der Waals surface area contributed by atoms with Gasteiger partial charge in [-0.05, 0) is 26.3 Å². The van der Waals surface area contributed by atoms with Crippen LogP contribution in [-0.2, 0) is 9.53 Å². The summed E-state index contributed by atoms with van der Waals surface area (Å²) in [6, 6.07) is 8.65. The number of hydrogen-bond acceptors (Lipinski definition) is 4. The van der Waals surface area contributed by atoms with Crippen molar-refractivity contribution in [1.82, 2.24) is 9.80 Å². The fourth-order valence-corrected chi connectivity index (χ4v) is 2.44. The Kier molecular flexibility index (Phi) is 5.26. The third-order valence-corrected chi connectivity index (χ3v) is 3.67. The Bertz CT molecular complexity index is 546. The Morgan fingerprint density at radius 3 is 2.09 bits per heavy atom. The molecule has 1 fully saturated rings. The van der Waals surface area contributed by atoms with Crippen LogP contribution in [0, 0.1) is 0 Å². The van der Waals surface area contributed by atoms with E-state index in [1.165, 1.54) is 0 Å². The maximum atomic E-state index is 12.5. The minimum Gasteiger partial charge on any atom is -0.444 e. The molecule has 0 saturated carbocycles. The van der Waals surface area contributed by atoms with Gasteiger partial charge in [0.05, 0.1) is 0 Å². The topological polar surface area (TPSA) is 75.9 Å². The predicted octanol–water partition coefficient (Wildman–Crippen LogP) is 1.77. The third-order valence-electron chi connectivity index (χ3n) is 3.67. The first-order valence-electron chi connectivity index (χ1n) is 7.85. The van der Waals surface area contributed by atoms with Crippen molar-refractivity contribution >= 4 is 12.0 Å². The molecule has 126 valence electrons. The van der Waals surface area contributed by atoms with Crippen molar-refractivity contribution in [3.8, 4) is 0 Å². The summed E-state index contributed by atoms with van der Waals surface area (Å²) in [7, 11) is 0. The Morgan fingerprint density at radius 1 is 1.04 bits per heavy atom. The first kappa shape index (κ1) is 17.3. The smallest absolute Gasteiger partial charge is 0.410 e. The van der Waals surface area contributed by atoms with Gasteiger partial charge in [-0.2, -0.15) is 0 Å². The number of hydrogen-bond donors (Lipinski definition) is 1. The van der Waals surface area contributed by atoms with Gasteiger partial charge in [-0.3, -0.25) is 4.79 Å². The summed E-state index contributed by atoms with van der Waals surface area (Å²) >= 11 is 0. The van der Waals surface area contributed by atoms with Crippen LogP contribution in [0.25, 0.3) is 0 Å². The molecular formula is C17H25N3O3. The molecule has 1 atom stereocenters. The first-order valence-corrected chi connectivity index (χ1v) is 7.85. The lowest BCUT2D eigenvalue weighted by atomic mass is 10.1. The summed E-state index contributed by atoms with van der Waals surface area (Å²) in [4.78, 5) is 27.8. The molecule has 6 nitrogen and oxygen atoms in total. The fourth-order valence-electron chi connectivity index (χ4n) is 2.44. The van der Waals surface area contributed by atoms with E-state index in [-0.39, 0.29) is 12.0 Å². The number of piperazine rings is 1. The molecule has 2 amide bonds. The maximum Gasteiger partial charge on any atom is 0.410 e. The summed E-state index contributed by atoms with van der Waals surface area (Å²) in [5.74, 6) is -0.111. The third kappa shape index (κ3) is 4.69. The van der Waals surface area contributed by atoms with E-state index >= 15 is 0 Å². The van der Waals surface area contributed by atoms with Crippen LogP contribution in [0.3, 0.4) is 0 Å². The zero-order chi connectivity index (χ0) is 17.0. The number of rotatable bonds is 2. The lowest BCUT2D eigenvalue weighted by Crippen LogP contribution is -2.53. The van der Waals surface area contributed by atoms with E-state index in [4.69, 9.17) is 10.5 Å². The molecule has 0 bridgehead atoms. The number of carbonyl (C=O) groups is 2. The summed E-state index contributed by atoms with van der Waals surface area (Å²) in [5, 5.41) is 0. The molecule has 1 aliphatic rings. The van der Waals surface area contributed by atoms with Crippen LogP contribution < -0.4 is 5.73 Å². The molecule has 1 heterocycles. The largest absolute Gasteiger partial charge is 0.444 e. The minimum absolute atomic E-state index is 0.111. The lowest BCUT2D eigenvalue weighted by molar-refractivity contribution is -0.134. The fraction of sp³-hybridized carbons (Fsp3) is 0.529. The van der Waals surface area contributed by atoms with Crippen molar-refractivity contribution in [2.24, 2.45) is 5.73 Å². The Morgan fingerprint density at radius 2 is 1.57 bits per heavy atom. The Labute approximate surface area is 137 Å². The lowest BCUT2D eigenvalue weighted by Gasteiger charge is -2.36. The molecule has 0 aromatic heterocycles. The van der Waals surface area contributed by atoms with Gasteiger partial charge >= 0.3 is 6.09 Å². The molecule has 23 heavy (non-hydrogen) atoms. The summed E-state index contributed by atoms with van der Waals surface area (Å²) in [5.41, 5.74) is 6.33. The molecule has 1 aromatic carbocycles. The Hall–Kier alpha value is -2.08. The van der Waals surface area contributed by atoms with Crippen LogP contribution in [0.2, 0.25) is 0 Å². The number of ether oxygens (including phenoxy) is 1. The van der Waals surface area contributed by atoms with Gasteiger partial charge in [0.15, 0.2) is 0 Å². The highest BCUT2D eigenvalue weighted by Crippen LogP contribution is 2.16. The molecular weight excluding hydrogens is 294 g/mol. The standard InChI is InChI=1S/C17H25N3O3/c1-17(2,3)23-16(22)20-11-9-19(10-12-20)15(21)14(18)13-7-5-4-6-8-13/h4-8,14H,9-12,18H2,1-3H3/t14-/m1/s1. The predicted molar refractivity (Wildman–Crippen MR) is 87.8 cm³/mol. The van der Waals surface area contributed by atoms with Crippen LogP contribution in [0.15, 0.2) is 30.3 Å². The number of carbonyl (C=O) groups excluding carboxylic acids is 2. The van der Waals surface area contributed by atoms with E-state index in [1.54, 1.807) is 9.80 Å². The zero-order valence-electron chi connectivity index (χ0n) is 14.0. The zero-order valence-corrected chi connectivity index (χ0v) is 14.0. The number of nitrogens with zero attached hydrogens (tertiary/aromatic N) is 2. The van der Waals surface area contributed by atoms with Gasteiger partial charge in [0.1, 0.15) is 11.6 Å². The van der Waals surface area contributed by atoms with Gasteiger partial charge in [0, 0.05) is 26.2 Å². The van der Waals surface area contributed by atoms with E-state index in [0.717, 1.165) is 5.56 Å². The maximum absolute atomic E-state index is 12.5. The second kappa shape index (κ2) is 7.00. The van der Waals surface area contributed by atoms with E-state index < -0.39 is 11.6 Å². The summed E-state index contributed by atoms with van der Waals surface area (Å²) in [6.07, 6.45) is -0.336. The molecule has 2 rings (SSSR count). The Balaban J connectivity index is 1.89. The molecule has 1 aromatic rings. The van der Waals surface area contributed by atoms with Crippen molar-refractivity contribution in [3.05, 3.63) is 35.9 Å². The monoisotopic (exact) mass is 319 g/mol. The number of benzene rings is 1. The SMILES string of the molecule is CC(C)(C)OC(=O)N1CCN(C(=O)[C@H](N)c2ccccc2)CC1. The molecule has 2 N–H and O–H groups in total. The van der Waals surface area contributed by atoms with Gasteiger partial charge in [0.2, 0.25) is 5.91 Å². The van der Waals surface area contributed by atoms with Crippen LogP contribution in [0.5, 0.6) is 0 Å². The number of nitrogens with two attached hydrogens (primary N) is 1. The molecule has 0 spiro atoms. The van der Waals surface area contributed by atoms with Crippen molar-refractivity contribution in [2.45, 2.75) is 32.4 Å². The van der Waals surface area contributed by atoms with Gasteiger partial charge in [-0.15, -0.1) is 0 Å². The molecule has 1 aliphatic heterocycles. The van der Waals surface area contributed by atoms with Gasteiger partial charge in [-0.25, -0.2) is 4.79 Å². The average Bonchev–Trinajstić information content (AvgIpc) is 2.53. The highest BCUT2D eigenvalue weighted by atomic mass is 16.6. The van der Waals surface area contributed by atoms with Gasteiger partial charge < -0.3 is 20.3 Å². The molecule has 6 heteroatoms. The van der Waals surface area contributed by atoms with E-state index in [1.807, 2.05) is 51.1 Å². The summed E-state index contributed by atoms with van der Waals surface area (Å²) in [6.45, 7) is 7.37. The average molecular weight is 319 g/mol. The van der Waals surface area contributed by atoms with Crippen LogP contribution in [0.4, 0.5) is 4.79 Å². The second-order valence-electron chi connectivity index (χ2n) is 6.68. The van der Waals surface area contributed by atoms with Crippen LogP contribution in [0.1, 0.15) is 32.4 Å². The minimum atomic E-state index is -0.663. The van der Waals surface area contributed by atoms with Crippen LogP contribution >= 0.6 is 0 Å². The van der Waals surface area contributed by atoms with Crippen LogP contribution in [-0.4, -0.2) is 53.6 Å². The van der Waals surface area contributed by atoms with Crippen molar-refractivity contribution in [3.63, 3.8) is 0 Å². The van der Waals surface area contributed by atoms with Crippen molar-refractivity contribution < 1.29 is 14.3 Å². The first-order chi connectivity index (χ1) is 10.8. The van der Waals surface area contributed by atoms with E-state index in [2.05, 4.69) is 0 Å². The van der Waals surface area contributed by atoms with Crippen molar-refractivity contribution in [2.75, 3.05) is 26.2 Å².